The number of aromatic nitrogens is 2. The minimum atomic E-state index is 0.355. The fraction of sp³-hybridized carbons (Fsp3) is 0.667. The number of hydrogen-bond donors (Lipinski definition) is 1. The molecule has 0 bridgehead atoms. The molecule has 0 aliphatic carbocycles. The number of nitrogens with one attached hydrogen (secondary N) is 1. The number of alkyl halides is 1. The van der Waals surface area contributed by atoms with Crippen molar-refractivity contribution in [3.8, 4) is 5.88 Å². The molecule has 2 unspecified atom stereocenters. The van der Waals surface area contributed by atoms with Crippen LogP contribution in [0.4, 0.5) is 5.82 Å². The van der Waals surface area contributed by atoms with E-state index in [1.807, 2.05) is 19.9 Å². The fourth-order valence-corrected chi connectivity index (χ4v) is 2.20. The summed E-state index contributed by atoms with van der Waals surface area (Å²) in [6.45, 7) is 8.69. The summed E-state index contributed by atoms with van der Waals surface area (Å²) >= 11 is 3.54. The lowest BCUT2D eigenvalue weighted by molar-refractivity contribution is 0.325. The number of anilines is 1. The summed E-state index contributed by atoms with van der Waals surface area (Å²) in [5.41, 5.74) is 0. The summed E-state index contributed by atoms with van der Waals surface area (Å²) in [7, 11) is 0. The molecule has 0 spiro atoms. The van der Waals surface area contributed by atoms with Gasteiger partial charge in [0.25, 0.3) is 0 Å². The van der Waals surface area contributed by atoms with Crippen molar-refractivity contribution in [3.05, 3.63) is 11.9 Å². The van der Waals surface area contributed by atoms with Crippen LogP contribution in [0.3, 0.4) is 0 Å². The Labute approximate surface area is 111 Å². The zero-order valence-corrected chi connectivity index (χ0v) is 12.4. The van der Waals surface area contributed by atoms with Crippen molar-refractivity contribution in [2.24, 2.45) is 0 Å². The third-order valence-corrected chi connectivity index (χ3v) is 2.55. The molecule has 0 radical (unpaired) electrons. The molecular weight excluding hydrogens is 282 g/mol. The van der Waals surface area contributed by atoms with Crippen molar-refractivity contribution in [1.82, 2.24) is 9.97 Å². The minimum absolute atomic E-state index is 0.355. The standard InChI is InChI=1S/C12H20BrN3O/c1-5-17-12-7-11(15-10(4)16-12)14-9(3)6-8(2)13/h7-9H,5-6H2,1-4H3,(H,14,15,16). The first-order chi connectivity index (χ1) is 8.01. The summed E-state index contributed by atoms with van der Waals surface area (Å²) < 4.78 is 5.39. The average molecular weight is 302 g/mol. The van der Waals surface area contributed by atoms with Gasteiger partial charge in [-0.1, -0.05) is 22.9 Å². The van der Waals surface area contributed by atoms with E-state index < -0.39 is 0 Å². The van der Waals surface area contributed by atoms with E-state index in [2.05, 4.69) is 45.1 Å². The van der Waals surface area contributed by atoms with Crippen LogP contribution in [0.2, 0.25) is 0 Å². The van der Waals surface area contributed by atoms with Crippen molar-refractivity contribution in [2.75, 3.05) is 11.9 Å². The molecular formula is C12H20BrN3O. The van der Waals surface area contributed by atoms with Crippen LogP contribution >= 0.6 is 15.9 Å². The van der Waals surface area contributed by atoms with E-state index in [1.165, 1.54) is 0 Å². The first-order valence-corrected chi connectivity index (χ1v) is 6.82. The molecule has 0 fully saturated rings. The highest BCUT2D eigenvalue weighted by Crippen LogP contribution is 2.16. The number of rotatable bonds is 6. The van der Waals surface area contributed by atoms with Gasteiger partial charge in [0.1, 0.15) is 11.6 Å². The summed E-state index contributed by atoms with van der Waals surface area (Å²) in [4.78, 5) is 9.04. The number of hydrogen-bond acceptors (Lipinski definition) is 4. The molecule has 96 valence electrons. The lowest BCUT2D eigenvalue weighted by Crippen LogP contribution is -2.19. The van der Waals surface area contributed by atoms with Gasteiger partial charge in [-0.25, -0.2) is 4.98 Å². The molecule has 0 aromatic carbocycles. The summed E-state index contributed by atoms with van der Waals surface area (Å²) in [5, 5.41) is 3.35. The largest absolute Gasteiger partial charge is 0.478 e. The Morgan fingerprint density at radius 3 is 2.71 bits per heavy atom. The van der Waals surface area contributed by atoms with E-state index >= 15 is 0 Å². The van der Waals surface area contributed by atoms with E-state index in [1.54, 1.807) is 0 Å². The van der Waals surface area contributed by atoms with Gasteiger partial charge in [-0.15, -0.1) is 0 Å². The Morgan fingerprint density at radius 2 is 2.12 bits per heavy atom. The van der Waals surface area contributed by atoms with Gasteiger partial charge in [0, 0.05) is 16.9 Å². The highest BCUT2D eigenvalue weighted by Gasteiger charge is 2.08. The van der Waals surface area contributed by atoms with Crippen molar-refractivity contribution in [2.45, 2.75) is 45.0 Å². The van der Waals surface area contributed by atoms with E-state index in [-0.39, 0.29) is 0 Å². The molecule has 1 N–H and O–H groups in total. The van der Waals surface area contributed by atoms with Crippen LogP contribution < -0.4 is 10.1 Å². The number of nitrogens with zero attached hydrogens (tertiary/aromatic N) is 2. The van der Waals surface area contributed by atoms with Crippen LogP contribution in [0.5, 0.6) is 5.88 Å². The van der Waals surface area contributed by atoms with Crippen molar-refractivity contribution in [1.29, 1.82) is 0 Å². The zero-order valence-electron chi connectivity index (χ0n) is 10.8. The molecule has 2 atom stereocenters. The zero-order chi connectivity index (χ0) is 12.8. The van der Waals surface area contributed by atoms with Crippen molar-refractivity contribution in [3.63, 3.8) is 0 Å². The van der Waals surface area contributed by atoms with Gasteiger partial charge in [0.05, 0.1) is 6.61 Å². The molecule has 1 aromatic heterocycles. The quantitative estimate of drug-likeness (QED) is 0.820. The molecule has 1 heterocycles. The molecule has 0 saturated heterocycles. The van der Waals surface area contributed by atoms with E-state index in [0.29, 0.717) is 23.4 Å². The van der Waals surface area contributed by atoms with Crippen LogP contribution in [0.1, 0.15) is 33.0 Å². The Morgan fingerprint density at radius 1 is 1.41 bits per heavy atom. The minimum Gasteiger partial charge on any atom is -0.478 e. The third kappa shape index (κ3) is 5.35. The smallest absolute Gasteiger partial charge is 0.218 e. The topological polar surface area (TPSA) is 47.0 Å². The second-order valence-corrected chi connectivity index (χ2v) is 5.70. The Balaban J connectivity index is 2.69. The van der Waals surface area contributed by atoms with Gasteiger partial charge in [-0.2, -0.15) is 4.98 Å². The lowest BCUT2D eigenvalue weighted by atomic mass is 10.2. The summed E-state index contributed by atoms with van der Waals surface area (Å²) in [5.74, 6) is 2.17. The maximum absolute atomic E-state index is 5.39. The third-order valence-electron chi connectivity index (χ3n) is 2.18. The van der Waals surface area contributed by atoms with Gasteiger partial charge in [0.2, 0.25) is 5.88 Å². The predicted molar refractivity (Wildman–Crippen MR) is 74.0 cm³/mol. The van der Waals surface area contributed by atoms with Crippen molar-refractivity contribution >= 4 is 21.7 Å². The normalized spacial score (nSPS) is 14.2. The van der Waals surface area contributed by atoms with Gasteiger partial charge < -0.3 is 10.1 Å². The SMILES string of the molecule is CCOc1cc(NC(C)CC(C)Br)nc(C)n1. The first kappa shape index (κ1) is 14.2. The van der Waals surface area contributed by atoms with Gasteiger partial charge in [-0.3, -0.25) is 0 Å². The predicted octanol–water partition coefficient (Wildman–Crippen LogP) is 3.16. The molecule has 5 heteroatoms. The summed E-state index contributed by atoms with van der Waals surface area (Å²) in [6, 6.07) is 2.19. The van der Waals surface area contributed by atoms with Crippen LogP contribution in [0.15, 0.2) is 6.07 Å². The maximum Gasteiger partial charge on any atom is 0.218 e. The second-order valence-electron chi connectivity index (χ2n) is 4.13. The summed E-state index contributed by atoms with van der Waals surface area (Å²) in [6.07, 6.45) is 1.03. The van der Waals surface area contributed by atoms with Gasteiger partial charge in [0.15, 0.2) is 0 Å². The Bertz CT molecular complexity index is 358. The Kier molecular flexibility index (Phi) is 5.68. The Hall–Kier alpha value is -0.840. The van der Waals surface area contributed by atoms with Gasteiger partial charge in [-0.05, 0) is 27.2 Å². The second kappa shape index (κ2) is 6.79. The molecule has 0 amide bonds. The molecule has 1 rings (SSSR count). The molecule has 0 aliphatic heterocycles. The fourth-order valence-electron chi connectivity index (χ4n) is 1.63. The molecule has 4 nitrogen and oxygen atoms in total. The van der Waals surface area contributed by atoms with Crippen molar-refractivity contribution < 1.29 is 4.74 Å². The lowest BCUT2D eigenvalue weighted by Gasteiger charge is -2.16. The number of ether oxygens (including phenoxy) is 1. The van der Waals surface area contributed by atoms with Crippen LogP contribution in [-0.2, 0) is 0 Å². The highest BCUT2D eigenvalue weighted by atomic mass is 79.9. The van der Waals surface area contributed by atoms with E-state index in [0.717, 1.165) is 18.1 Å². The highest BCUT2D eigenvalue weighted by molar-refractivity contribution is 9.09. The average Bonchev–Trinajstić information content (AvgIpc) is 2.14. The molecule has 0 aliphatic rings. The monoisotopic (exact) mass is 301 g/mol. The first-order valence-electron chi connectivity index (χ1n) is 5.90. The van der Waals surface area contributed by atoms with Crippen LogP contribution in [0, 0.1) is 6.92 Å². The maximum atomic E-state index is 5.39. The van der Waals surface area contributed by atoms with Crippen LogP contribution in [0.25, 0.3) is 0 Å². The molecule has 1 aromatic rings. The molecule has 17 heavy (non-hydrogen) atoms. The number of aryl methyl sites for hydroxylation is 1. The van der Waals surface area contributed by atoms with E-state index in [4.69, 9.17) is 4.74 Å². The van der Waals surface area contributed by atoms with E-state index in [9.17, 15) is 0 Å². The molecule has 0 saturated carbocycles. The number of halogens is 1. The van der Waals surface area contributed by atoms with Gasteiger partial charge >= 0.3 is 0 Å². The van der Waals surface area contributed by atoms with Crippen LogP contribution in [-0.4, -0.2) is 27.4 Å².